The minimum absolute atomic E-state index is 0.0846. The van der Waals surface area contributed by atoms with Crippen LogP contribution in [0.1, 0.15) is 22.5 Å². The van der Waals surface area contributed by atoms with Gasteiger partial charge in [0.2, 0.25) is 5.91 Å². The highest BCUT2D eigenvalue weighted by molar-refractivity contribution is 5.95. The number of amides is 1. The molecule has 1 amide bonds. The Labute approximate surface area is 188 Å². The molecule has 2 heterocycles. The number of nitrogens with zero attached hydrogens (tertiary/aromatic N) is 4. The van der Waals surface area contributed by atoms with Crippen LogP contribution in [0.5, 0.6) is 0 Å². The quantitative estimate of drug-likeness (QED) is 0.401. The molecule has 1 aromatic carbocycles. The smallest absolute Gasteiger partial charge is 0.339 e. The van der Waals surface area contributed by atoms with Gasteiger partial charge in [0.15, 0.2) is 0 Å². The summed E-state index contributed by atoms with van der Waals surface area (Å²) in [6.45, 7) is -0.303. The molecule has 2 aromatic heterocycles. The second-order valence-corrected chi connectivity index (χ2v) is 7.07. The van der Waals surface area contributed by atoms with Gasteiger partial charge in [-0.3, -0.25) is 9.78 Å². The fraction of sp³-hybridized carbons (Fsp3) is 0.227. The van der Waals surface area contributed by atoms with Gasteiger partial charge in [-0.15, -0.1) is 0 Å². The lowest BCUT2D eigenvalue weighted by atomic mass is 10.1. The number of rotatable bonds is 4. The number of imidazole rings is 1. The van der Waals surface area contributed by atoms with E-state index in [2.05, 4.69) is 21.8 Å². The van der Waals surface area contributed by atoms with Crippen molar-refractivity contribution in [2.45, 2.75) is 18.8 Å². The predicted octanol–water partition coefficient (Wildman–Crippen LogP) is 4.62. The summed E-state index contributed by atoms with van der Waals surface area (Å²) in [5, 5.41) is 0. The maximum atomic E-state index is 13.4. The summed E-state index contributed by atoms with van der Waals surface area (Å²) in [4.78, 5) is 21.2. The van der Waals surface area contributed by atoms with Crippen molar-refractivity contribution in [1.82, 2.24) is 14.5 Å². The number of benzene rings is 1. The Kier molecular flexibility index (Phi) is 6.95. The number of hydrogen-bond acceptors (Lipinski definition) is 3. The molecule has 12 heteroatoms. The topological polar surface area (TPSA) is 51.0 Å². The largest absolute Gasteiger partial charge is 0.418 e. The first kappa shape index (κ1) is 24.8. The van der Waals surface area contributed by atoms with E-state index < -0.39 is 47.3 Å². The average Bonchev–Trinajstić information content (AvgIpc) is 3.15. The van der Waals surface area contributed by atoms with Crippen molar-refractivity contribution in [3.63, 3.8) is 0 Å². The van der Waals surface area contributed by atoms with Gasteiger partial charge in [-0.05, 0) is 36.3 Å². The van der Waals surface area contributed by atoms with Gasteiger partial charge >= 0.3 is 12.4 Å². The van der Waals surface area contributed by atoms with E-state index in [1.807, 2.05) is 0 Å². The van der Waals surface area contributed by atoms with Crippen molar-refractivity contribution in [3.8, 4) is 11.8 Å². The second-order valence-electron chi connectivity index (χ2n) is 7.07. The van der Waals surface area contributed by atoms with Crippen molar-refractivity contribution < 1.29 is 35.5 Å². The van der Waals surface area contributed by atoms with Crippen LogP contribution < -0.4 is 4.90 Å². The fourth-order valence-electron chi connectivity index (χ4n) is 2.90. The van der Waals surface area contributed by atoms with Crippen molar-refractivity contribution in [1.29, 1.82) is 0 Å². The molecule has 0 unspecified atom stereocenters. The lowest BCUT2D eigenvalue weighted by Gasteiger charge is -2.21. The number of anilines is 1. The van der Waals surface area contributed by atoms with Crippen molar-refractivity contribution in [2.24, 2.45) is 7.05 Å². The van der Waals surface area contributed by atoms with E-state index in [-0.39, 0.29) is 24.5 Å². The Balaban J connectivity index is 1.93. The third-order valence-corrected chi connectivity index (χ3v) is 4.52. The second kappa shape index (κ2) is 9.54. The molecule has 0 aliphatic rings. The maximum absolute atomic E-state index is 13.4. The van der Waals surface area contributed by atoms with Gasteiger partial charge < -0.3 is 9.47 Å². The lowest BCUT2D eigenvalue weighted by molar-refractivity contribution is -0.143. The summed E-state index contributed by atoms with van der Waals surface area (Å²) in [6, 6.07) is 4.44. The molecule has 0 aliphatic heterocycles. The first-order chi connectivity index (χ1) is 15.8. The Morgan fingerprint density at radius 2 is 1.74 bits per heavy atom. The van der Waals surface area contributed by atoms with Crippen molar-refractivity contribution in [3.05, 3.63) is 77.4 Å². The third-order valence-electron chi connectivity index (χ3n) is 4.52. The molecule has 0 bridgehead atoms. The predicted molar refractivity (Wildman–Crippen MR) is 107 cm³/mol. The fourth-order valence-corrected chi connectivity index (χ4v) is 2.90. The van der Waals surface area contributed by atoms with E-state index in [0.717, 1.165) is 17.0 Å². The molecule has 3 rings (SSSR count). The molecule has 0 atom stereocenters. The lowest BCUT2D eigenvalue weighted by Crippen LogP contribution is -2.33. The molecule has 0 saturated heterocycles. The van der Waals surface area contributed by atoms with Crippen LogP contribution >= 0.6 is 0 Å². The number of pyridine rings is 1. The number of hydrogen-bond donors (Lipinski definition) is 0. The first-order valence-electron chi connectivity index (χ1n) is 9.50. The summed E-state index contributed by atoms with van der Waals surface area (Å²) in [7, 11) is 1.71. The summed E-state index contributed by atoms with van der Waals surface area (Å²) >= 11 is 0. The molecule has 5 nitrogen and oxygen atoms in total. The van der Waals surface area contributed by atoms with Gasteiger partial charge in [-0.1, -0.05) is 5.92 Å². The highest BCUT2D eigenvalue weighted by Gasteiger charge is 2.39. The number of aromatic nitrogens is 3. The summed E-state index contributed by atoms with van der Waals surface area (Å²) < 4.78 is 93.9. The van der Waals surface area contributed by atoms with E-state index in [0.29, 0.717) is 5.69 Å². The van der Waals surface area contributed by atoms with Crippen molar-refractivity contribution in [2.75, 3.05) is 11.4 Å². The normalized spacial score (nSPS) is 11.6. The van der Waals surface area contributed by atoms with E-state index in [4.69, 9.17) is 0 Å². The van der Waals surface area contributed by atoms with E-state index in [9.17, 15) is 35.5 Å². The molecule has 178 valence electrons. The molecule has 0 radical (unpaired) electrons. The molecular weight excluding hydrogens is 469 g/mol. The molecule has 34 heavy (non-hydrogen) atoms. The van der Waals surface area contributed by atoms with Gasteiger partial charge in [0.05, 0.1) is 36.1 Å². The first-order valence-corrected chi connectivity index (χ1v) is 9.50. The van der Waals surface area contributed by atoms with Gasteiger partial charge in [-0.25, -0.2) is 9.37 Å². The van der Waals surface area contributed by atoms with Gasteiger partial charge in [0, 0.05) is 25.1 Å². The van der Waals surface area contributed by atoms with Crippen LogP contribution in [0, 0.1) is 17.7 Å². The number of aryl methyl sites for hydroxylation is 1. The van der Waals surface area contributed by atoms with Crippen LogP contribution in [-0.4, -0.2) is 27.0 Å². The highest BCUT2D eigenvalue weighted by atomic mass is 19.4. The van der Waals surface area contributed by atoms with Gasteiger partial charge in [-0.2, -0.15) is 26.3 Å². The monoisotopic (exact) mass is 484 g/mol. The van der Waals surface area contributed by atoms with Gasteiger partial charge in [0.25, 0.3) is 0 Å². The molecule has 0 N–H and O–H groups in total. The highest BCUT2D eigenvalue weighted by Crippen LogP contribution is 2.36. The average molecular weight is 484 g/mol. The molecular formula is C22H15F7N4O. The van der Waals surface area contributed by atoms with Crippen molar-refractivity contribution >= 4 is 11.6 Å². The summed E-state index contributed by atoms with van der Waals surface area (Å²) in [6.07, 6.45) is -7.86. The van der Waals surface area contributed by atoms with Crippen LogP contribution in [0.3, 0.4) is 0 Å². The Bertz CT molecular complexity index is 1240. The molecule has 0 fully saturated rings. The van der Waals surface area contributed by atoms with Crippen LogP contribution in [0.4, 0.5) is 36.4 Å². The standard InChI is InChI=1S/C22H15F7N4O/c1-32-12-16(31-13-32)3-2-8-33(17-6-4-15(23)5-7-17)20(34)10-19-18(22(27,28)29)9-14(11-30-19)21(24,25)26/h4-7,9,11-13H,8,10H2,1H3. The summed E-state index contributed by atoms with van der Waals surface area (Å²) in [5.74, 6) is 3.81. The van der Waals surface area contributed by atoms with Gasteiger partial charge in [0.1, 0.15) is 11.5 Å². The van der Waals surface area contributed by atoms with Crippen LogP contribution in [0.2, 0.25) is 0 Å². The number of halogens is 7. The van der Waals surface area contributed by atoms with E-state index in [1.165, 1.54) is 18.5 Å². The Morgan fingerprint density at radius 1 is 1.06 bits per heavy atom. The number of carbonyl (C=O) groups excluding carboxylic acids is 1. The molecule has 0 aliphatic carbocycles. The third kappa shape index (κ3) is 6.12. The molecule has 0 saturated carbocycles. The minimum Gasteiger partial charge on any atom is -0.339 e. The Morgan fingerprint density at radius 3 is 2.29 bits per heavy atom. The number of carbonyl (C=O) groups is 1. The van der Waals surface area contributed by atoms with Crippen LogP contribution in [0.15, 0.2) is 49.1 Å². The molecule has 0 spiro atoms. The Hall–Kier alpha value is -3.88. The maximum Gasteiger partial charge on any atom is 0.418 e. The molecule has 3 aromatic rings. The van der Waals surface area contributed by atoms with Crippen LogP contribution in [0.25, 0.3) is 0 Å². The van der Waals surface area contributed by atoms with E-state index in [1.54, 1.807) is 17.8 Å². The van der Waals surface area contributed by atoms with Crippen LogP contribution in [-0.2, 0) is 30.6 Å². The van der Waals surface area contributed by atoms with E-state index >= 15 is 0 Å². The zero-order chi connectivity index (χ0) is 25.1. The minimum atomic E-state index is -5.18. The zero-order valence-electron chi connectivity index (χ0n) is 17.4. The number of alkyl halides is 6. The summed E-state index contributed by atoms with van der Waals surface area (Å²) in [5.41, 5.74) is -3.64. The zero-order valence-corrected chi connectivity index (χ0v) is 17.4. The SMILES string of the molecule is Cn1cnc(C#CCN(C(=O)Cc2ncc(C(F)(F)F)cc2C(F)(F)F)c2ccc(F)cc2)c1.